The molecule has 1 heterocycles. The predicted octanol–water partition coefficient (Wildman–Crippen LogP) is 2.75. The van der Waals surface area contributed by atoms with Gasteiger partial charge >= 0.3 is 0 Å². The fourth-order valence-electron chi connectivity index (χ4n) is 1.96. The molecule has 0 spiro atoms. The SMILES string of the molecule is CCc1ccc(C2CCNC2)cc1.Cl. The summed E-state index contributed by atoms with van der Waals surface area (Å²) >= 11 is 0. The minimum atomic E-state index is 0. The van der Waals surface area contributed by atoms with Crippen molar-refractivity contribution in [1.29, 1.82) is 0 Å². The Hall–Kier alpha value is -0.530. The zero-order valence-electron chi connectivity index (χ0n) is 8.62. The van der Waals surface area contributed by atoms with Gasteiger partial charge < -0.3 is 5.32 Å². The molecular formula is C12H18ClN. The molecule has 1 N–H and O–H groups in total. The first-order chi connectivity index (χ1) is 6.40. The van der Waals surface area contributed by atoms with E-state index >= 15 is 0 Å². The van der Waals surface area contributed by atoms with E-state index in [9.17, 15) is 0 Å². The lowest BCUT2D eigenvalue weighted by Crippen LogP contribution is -2.07. The average Bonchev–Trinajstić information content (AvgIpc) is 2.71. The van der Waals surface area contributed by atoms with Crippen LogP contribution in [0, 0.1) is 0 Å². The van der Waals surface area contributed by atoms with Crippen molar-refractivity contribution in [1.82, 2.24) is 5.32 Å². The molecule has 78 valence electrons. The maximum absolute atomic E-state index is 3.40. The Bertz CT molecular complexity index is 262. The van der Waals surface area contributed by atoms with Crippen molar-refractivity contribution >= 4 is 12.4 Å². The van der Waals surface area contributed by atoms with Crippen LogP contribution in [0.4, 0.5) is 0 Å². The van der Waals surface area contributed by atoms with Gasteiger partial charge in [-0.1, -0.05) is 31.2 Å². The molecule has 14 heavy (non-hydrogen) atoms. The maximum Gasteiger partial charge on any atom is 0.00206 e. The van der Waals surface area contributed by atoms with Gasteiger partial charge in [-0.2, -0.15) is 0 Å². The average molecular weight is 212 g/mol. The normalized spacial score (nSPS) is 20.5. The summed E-state index contributed by atoms with van der Waals surface area (Å²) in [6, 6.07) is 9.09. The smallest absolute Gasteiger partial charge is 0.00206 e. The highest BCUT2D eigenvalue weighted by Crippen LogP contribution is 2.22. The topological polar surface area (TPSA) is 12.0 Å². The molecule has 1 aromatic rings. The minimum Gasteiger partial charge on any atom is -0.316 e. The Morgan fingerprint density at radius 1 is 1.29 bits per heavy atom. The quantitative estimate of drug-likeness (QED) is 0.794. The van der Waals surface area contributed by atoms with Crippen molar-refractivity contribution in [2.75, 3.05) is 13.1 Å². The molecule has 1 nitrogen and oxygen atoms in total. The lowest BCUT2D eigenvalue weighted by atomic mass is 9.97. The van der Waals surface area contributed by atoms with Crippen LogP contribution in [0.3, 0.4) is 0 Å². The third-order valence-corrected chi connectivity index (χ3v) is 2.92. The summed E-state index contributed by atoms with van der Waals surface area (Å²) in [7, 11) is 0. The van der Waals surface area contributed by atoms with Crippen LogP contribution in [0.15, 0.2) is 24.3 Å². The summed E-state index contributed by atoms with van der Waals surface area (Å²) in [6.07, 6.45) is 2.44. The Morgan fingerprint density at radius 3 is 2.50 bits per heavy atom. The predicted molar refractivity (Wildman–Crippen MR) is 63.3 cm³/mol. The van der Waals surface area contributed by atoms with E-state index in [1.54, 1.807) is 0 Å². The van der Waals surface area contributed by atoms with Crippen molar-refractivity contribution in [3.05, 3.63) is 35.4 Å². The van der Waals surface area contributed by atoms with Gasteiger partial charge in [-0.15, -0.1) is 12.4 Å². The largest absolute Gasteiger partial charge is 0.316 e. The first kappa shape index (κ1) is 11.5. The molecule has 0 radical (unpaired) electrons. The molecule has 1 aliphatic rings. The fourth-order valence-corrected chi connectivity index (χ4v) is 1.96. The Labute approximate surface area is 92.3 Å². The second kappa shape index (κ2) is 5.38. The van der Waals surface area contributed by atoms with Crippen molar-refractivity contribution in [2.45, 2.75) is 25.7 Å². The van der Waals surface area contributed by atoms with E-state index in [0.29, 0.717) is 0 Å². The summed E-state index contributed by atoms with van der Waals surface area (Å²) in [6.45, 7) is 4.54. The van der Waals surface area contributed by atoms with E-state index in [4.69, 9.17) is 0 Å². The molecule has 1 aliphatic heterocycles. The Balaban J connectivity index is 0.000000980. The molecular weight excluding hydrogens is 194 g/mol. The number of halogens is 1. The highest BCUT2D eigenvalue weighted by molar-refractivity contribution is 5.85. The first-order valence-electron chi connectivity index (χ1n) is 5.19. The van der Waals surface area contributed by atoms with Gasteiger partial charge in [0.05, 0.1) is 0 Å². The van der Waals surface area contributed by atoms with E-state index in [1.807, 2.05) is 0 Å². The van der Waals surface area contributed by atoms with Gasteiger partial charge in [0.15, 0.2) is 0 Å². The summed E-state index contributed by atoms with van der Waals surface area (Å²) in [5.41, 5.74) is 2.94. The zero-order chi connectivity index (χ0) is 9.10. The molecule has 1 saturated heterocycles. The number of rotatable bonds is 2. The monoisotopic (exact) mass is 211 g/mol. The molecule has 1 unspecified atom stereocenters. The highest BCUT2D eigenvalue weighted by Gasteiger charge is 2.15. The third-order valence-electron chi connectivity index (χ3n) is 2.92. The number of hydrogen-bond donors (Lipinski definition) is 1. The van der Waals surface area contributed by atoms with Gasteiger partial charge in [0.1, 0.15) is 0 Å². The summed E-state index contributed by atoms with van der Waals surface area (Å²) in [5.74, 6) is 0.755. The maximum atomic E-state index is 3.40. The molecule has 0 amide bonds. The van der Waals surface area contributed by atoms with E-state index in [-0.39, 0.29) is 12.4 Å². The van der Waals surface area contributed by atoms with Crippen molar-refractivity contribution < 1.29 is 0 Å². The highest BCUT2D eigenvalue weighted by atomic mass is 35.5. The minimum absolute atomic E-state index is 0. The van der Waals surface area contributed by atoms with E-state index in [2.05, 4.69) is 36.5 Å². The molecule has 0 aromatic heterocycles. The van der Waals surface area contributed by atoms with E-state index in [0.717, 1.165) is 18.9 Å². The van der Waals surface area contributed by atoms with Crippen molar-refractivity contribution in [3.8, 4) is 0 Å². The van der Waals surface area contributed by atoms with Crippen LogP contribution in [0.1, 0.15) is 30.4 Å². The number of nitrogens with one attached hydrogen (secondary N) is 1. The van der Waals surface area contributed by atoms with Crippen LogP contribution >= 0.6 is 12.4 Å². The molecule has 1 aromatic carbocycles. The lowest BCUT2D eigenvalue weighted by molar-refractivity contribution is 0.763. The number of aryl methyl sites for hydroxylation is 1. The molecule has 1 atom stereocenters. The number of hydrogen-bond acceptors (Lipinski definition) is 1. The van der Waals surface area contributed by atoms with Crippen LogP contribution in [-0.4, -0.2) is 13.1 Å². The standard InChI is InChI=1S/C12H17N.ClH/c1-2-10-3-5-11(6-4-10)12-7-8-13-9-12;/h3-6,12-13H,2,7-9H2,1H3;1H. The number of benzene rings is 1. The summed E-state index contributed by atoms with van der Waals surface area (Å²) in [4.78, 5) is 0. The third kappa shape index (κ3) is 2.49. The second-order valence-electron chi connectivity index (χ2n) is 3.78. The van der Waals surface area contributed by atoms with Crippen LogP contribution in [0.2, 0.25) is 0 Å². The van der Waals surface area contributed by atoms with Gasteiger partial charge in [-0.25, -0.2) is 0 Å². The van der Waals surface area contributed by atoms with Crippen LogP contribution in [0.25, 0.3) is 0 Å². The van der Waals surface area contributed by atoms with Crippen molar-refractivity contribution in [2.24, 2.45) is 0 Å². The van der Waals surface area contributed by atoms with Gasteiger partial charge in [0.25, 0.3) is 0 Å². The zero-order valence-corrected chi connectivity index (χ0v) is 9.44. The van der Waals surface area contributed by atoms with Gasteiger partial charge in [-0.3, -0.25) is 0 Å². The molecule has 2 rings (SSSR count). The Morgan fingerprint density at radius 2 is 2.00 bits per heavy atom. The molecule has 2 heteroatoms. The van der Waals surface area contributed by atoms with E-state index in [1.165, 1.54) is 24.1 Å². The fraction of sp³-hybridized carbons (Fsp3) is 0.500. The molecule has 0 bridgehead atoms. The Kier molecular flexibility index (Phi) is 4.43. The van der Waals surface area contributed by atoms with Crippen LogP contribution < -0.4 is 5.32 Å². The van der Waals surface area contributed by atoms with Gasteiger partial charge in [0, 0.05) is 6.54 Å². The molecule has 0 aliphatic carbocycles. The summed E-state index contributed by atoms with van der Waals surface area (Å²) < 4.78 is 0. The van der Waals surface area contributed by atoms with E-state index < -0.39 is 0 Å². The van der Waals surface area contributed by atoms with Crippen LogP contribution in [0.5, 0.6) is 0 Å². The second-order valence-corrected chi connectivity index (χ2v) is 3.78. The summed E-state index contributed by atoms with van der Waals surface area (Å²) in [5, 5.41) is 3.40. The van der Waals surface area contributed by atoms with Crippen molar-refractivity contribution in [3.63, 3.8) is 0 Å². The van der Waals surface area contributed by atoms with Gasteiger partial charge in [0.2, 0.25) is 0 Å². The lowest BCUT2D eigenvalue weighted by Gasteiger charge is -2.08. The van der Waals surface area contributed by atoms with Gasteiger partial charge in [-0.05, 0) is 36.4 Å². The van der Waals surface area contributed by atoms with Crippen LogP contribution in [-0.2, 0) is 6.42 Å². The molecule has 0 saturated carbocycles. The first-order valence-corrected chi connectivity index (χ1v) is 5.19. The molecule has 1 fully saturated rings.